The van der Waals surface area contributed by atoms with Gasteiger partial charge in [0.25, 0.3) is 0 Å². The van der Waals surface area contributed by atoms with Gasteiger partial charge in [-0.3, -0.25) is 4.79 Å². The van der Waals surface area contributed by atoms with Gasteiger partial charge in [0.2, 0.25) is 5.91 Å². The van der Waals surface area contributed by atoms with Gasteiger partial charge < -0.3 is 5.32 Å². The lowest BCUT2D eigenvalue weighted by Gasteiger charge is -2.16. The van der Waals surface area contributed by atoms with Crippen LogP contribution in [0.25, 0.3) is 5.69 Å². The molecule has 3 aromatic rings. The molecule has 7 heteroatoms. The van der Waals surface area contributed by atoms with Gasteiger partial charge in [-0.1, -0.05) is 29.8 Å². The van der Waals surface area contributed by atoms with Crippen LogP contribution < -0.4 is 5.32 Å². The van der Waals surface area contributed by atoms with Crippen LogP contribution >= 0.6 is 11.6 Å². The lowest BCUT2D eigenvalue weighted by molar-refractivity contribution is -0.117. The van der Waals surface area contributed by atoms with Crippen LogP contribution in [-0.2, 0) is 4.79 Å². The second-order valence-corrected chi connectivity index (χ2v) is 5.91. The predicted molar refractivity (Wildman–Crippen MR) is 92.4 cm³/mol. The maximum Gasteiger partial charge on any atom is 0.231 e. The number of hydrogen-bond donors (Lipinski definition) is 1. The Labute approximate surface area is 144 Å². The summed E-state index contributed by atoms with van der Waals surface area (Å²) in [6, 6.07) is 12.9. The Morgan fingerprint density at radius 1 is 1.25 bits per heavy atom. The first-order valence-corrected chi connectivity index (χ1v) is 7.83. The van der Waals surface area contributed by atoms with Crippen molar-refractivity contribution in [3.05, 3.63) is 64.9 Å². The topological polar surface area (TPSA) is 72.7 Å². The molecule has 0 aliphatic rings. The average molecular weight is 342 g/mol. The first-order valence-electron chi connectivity index (χ1n) is 7.45. The fraction of sp³-hybridized carbons (Fsp3) is 0.176. The van der Waals surface area contributed by atoms with Crippen LogP contribution in [-0.4, -0.2) is 26.1 Å². The van der Waals surface area contributed by atoms with Crippen molar-refractivity contribution in [1.29, 1.82) is 0 Å². The van der Waals surface area contributed by atoms with Crippen LogP contribution in [0.1, 0.15) is 24.0 Å². The number of benzene rings is 2. The molecule has 1 unspecified atom stereocenters. The van der Waals surface area contributed by atoms with Crippen LogP contribution in [0.5, 0.6) is 0 Å². The summed E-state index contributed by atoms with van der Waals surface area (Å²) >= 11 is 6.00. The van der Waals surface area contributed by atoms with Crippen molar-refractivity contribution in [1.82, 2.24) is 20.2 Å². The van der Waals surface area contributed by atoms with Gasteiger partial charge in [0.1, 0.15) is 6.33 Å². The Balaban J connectivity index is 1.83. The molecule has 0 bridgehead atoms. The van der Waals surface area contributed by atoms with Gasteiger partial charge in [-0.25, -0.2) is 4.68 Å². The molecule has 0 aliphatic carbocycles. The third-order valence-electron chi connectivity index (χ3n) is 3.90. The standard InChI is InChI=1S/C17H16ClN5O/c1-11(13-5-3-6-14(18)9-13)17(24)20-15-7-4-8-16(12(15)2)23-10-19-21-22-23/h3-11H,1-2H3,(H,20,24). The molecule has 1 heterocycles. The second kappa shape index (κ2) is 6.80. The zero-order valence-electron chi connectivity index (χ0n) is 13.3. The quantitative estimate of drug-likeness (QED) is 0.789. The van der Waals surface area contributed by atoms with Gasteiger partial charge in [0, 0.05) is 10.7 Å². The Morgan fingerprint density at radius 2 is 2.04 bits per heavy atom. The number of amides is 1. The van der Waals surface area contributed by atoms with Gasteiger partial charge in [0.05, 0.1) is 11.6 Å². The van der Waals surface area contributed by atoms with Crippen LogP contribution in [0.15, 0.2) is 48.8 Å². The highest BCUT2D eigenvalue weighted by Gasteiger charge is 2.17. The van der Waals surface area contributed by atoms with Crippen molar-refractivity contribution in [2.45, 2.75) is 19.8 Å². The van der Waals surface area contributed by atoms with Crippen molar-refractivity contribution < 1.29 is 4.79 Å². The van der Waals surface area contributed by atoms with Gasteiger partial charge in [0.15, 0.2) is 0 Å². The number of halogens is 1. The number of anilines is 1. The molecule has 1 atom stereocenters. The van der Waals surface area contributed by atoms with E-state index in [1.807, 2.05) is 44.2 Å². The van der Waals surface area contributed by atoms with Gasteiger partial charge in [-0.2, -0.15) is 0 Å². The summed E-state index contributed by atoms with van der Waals surface area (Å²) < 4.78 is 1.56. The number of aromatic nitrogens is 4. The van der Waals surface area contributed by atoms with E-state index in [9.17, 15) is 4.79 Å². The summed E-state index contributed by atoms with van der Waals surface area (Å²) in [5.74, 6) is -0.422. The molecule has 0 saturated carbocycles. The van der Waals surface area contributed by atoms with E-state index in [0.29, 0.717) is 5.02 Å². The Kier molecular flexibility index (Phi) is 4.57. The number of carbonyl (C=O) groups is 1. The van der Waals surface area contributed by atoms with E-state index in [-0.39, 0.29) is 11.8 Å². The van der Waals surface area contributed by atoms with E-state index in [4.69, 9.17) is 11.6 Å². The summed E-state index contributed by atoms with van der Waals surface area (Å²) in [4.78, 5) is 12.6. The molecule has 1 aromatic heterocycles. The Bertz CT molecular complexity index is 863. The van der Waals surface area contributed by atoms with E-state index < -0.39 is 0 Å². The van der Waals surface area contributed by atoms with Crippen LogP contribution in [0.3, 0.4) is 0 Å². The molecule has 3 rings (SSSR count). The molecular weight excluding hydrogens is 326 g/mol. The second-order valence-electron chi connectivity index (χ2n) is 5.47. The van der Waals surface area contributed by atoms with Gasteiger partial charge in [-0.05, 0) is 59.7 Å². The van der Waals surface area contributed by atoms with E-state index in [2.05, 4.69) is 20.8 Å². The van der Waals surface area contributed by atoms with E-state index in [0.717, 1.165) is 22.5 Å². The number of nitrogens with one attached hydrogen (secondary N) is 1. The molecule has 2 aromatic carbocycles. The molecular formula is C17H16ClN5O. The van der Waals surface area contributed by atoms with Crippen molar-refractivity contribution in [3.63, 3.8) is 0 Å². The largest absolute Gasteiger partial charge is 0.325 e. The first kappa shape index (κ1) is 16.1. The normalized spacial score (nSPS) is 12.0. The number of rotatable bonds is 4. The molecule has 0 saturated heterocycles. The van der Waals surface area contributed by atoms with Gasteiger partial charge in [-0.15, -0.1) is 5.10 Å². The van der Waals surface area contributed by atoms with Crippen LogP contribution in [0.2, 0.25) is 5.02 Å². The molecule has 1 N–H and O–H groups in total. The van der Waals surface area contributed by atoms with Crippen molar-refractivity contribution in [2.75, 3.05) is 5.32 Å². The fourth-order valence-corrected chi connectivity index (χ4v) is 2.65. The molecule has 0 radical (unpaired) electrons. The molecule has 122 valence electrons. The maximum atomic E-state index is 12.6. The van der Waals surface area contributed by atoms with E-state index in [1.54, 1.807) is 16.8 Å². The lowest BCUT2D eigenvalue weighted by atomic mass is 10.00. The molecule has 24 heavy (non-hydrogen) atoms. The van der Waals surface area contributed by atoms with Crippen molar-refractivity contribution in [2.24, 2.45) is 0 Å². The highest BCUT2D eigenvalue weighted by Crippen LogP contribution is 2.25. The molecule has 1 amide bonds. The third kappa shape index (κ3) is 3.28. The molecule has 0 aliphatic heterocycles. The molecule has 0 spiro atoms. The molecule has 0 fully saturated rings. The monoisotopic (exact) mass is 341 g/mol. The Morgan fingerprint density at radius 3 is 2.75 bits per heavy atom. The van der Waals surface area contributed by atoms with Crippen LogP contribution in [0, 0.1) is 6.92 Å². The van der Waals surface area contributed by atoms with Crippen molar-refractivity contribution >= 4 is 23.2 Å². The summed E-state index contributed by atoms with van der Waals surface area (Å²) in [7, 11) is 0. The lowest BCUT2D eigenvalue weighted by Crippen LogP contribution is -2.19. The number of tetrazole rings is 1. The zero-order valence-corrected chi connectivity index (χ0v) is 14.0. The number of carbonyl (C=O) groups excluding carboxylic acids is 1. The highest BCUT2D eigenvalue weighted by atomic mass is 35.5. The smallest absolute Gasteiger partial charge is 0.231 e. The van der Waals surface area contributed by atoms with E-state index in [1.165, 1.54) is 6.33 Å². The third-order valence-corrected chi connectivity index (χ3v) is 4.14. The Hall–Kier alpha value is -2.73. The minimum atomic E-state index is -0.320. The summed E-state index contributed by atoms with van der Waals surface area (Å²) in [5.41, 5.74) is 3.29. The average Bonchev–Trinajstić information content (AvgIpc) is 3.10. The summed E-state index contributed by atoms with van der Waals surface area (Å²) in [6.45, 7) is 3.76. The predicted octanol–water partition coefficient (Wildman–Crippen LogP) is 3.37. The van der Waals surface area contributed by atoms with E-state index >= 15 is 0 Å². The number of hydrogen-bond acceptors (Lipinski definition) is 4. The van der Waals surface area contributed by atoms with Crippen LogP contribution in [0.4, 0.5) is 5.69 Å². The fourth-order valence-electron chi connectivity index (χ4n) is 2.45. The van der Waals surface area contributed by atoms with Crippen molar-refractivity contribution in [3.8, 4) is 5.69 Å². The highest BCUT2D eigenvalue weighted by molar-refractivity contribution is 6.30. The SMILES string of the molecule is Cc1c(NC(=O)C(C)c2cccc(Cl)c2)cccc1-n1cnnn1. The molecule has 6 nitrogen and oxygen atoms in total. The van der Waals surface area contributed by atoms with Gasteiger partial charge >= 0.3 is 0 Å². The minimum absolute atomic E-state index is 0.103. The first-order chi connectivity index (χ1) is 11.6. The summed E-state index contributed by atoms with van der Waals surface area (Å²) in [6.07, 6.45) is 1.52. The summed E-state index contributed by atoms with van der Waals surface area (Å²) in [5, 5.41) is 14.7. The minimum Gasteiger partial charge on any atom is -0.325 e. The zero-order chi connectivity index (χ0) is 17.1. The maximum absolute atomic E-state index is 12.6. The number of nitrogens with zero attached hydrogens (tertiary/aromatic N) is 4.